The van der Waals surface area contributed by atoms with Crippen molar-refractivity contribution < 1.29 is 19.4 Å². The lowest BCUT2D eigenvalue weighted by Gasteiger charge is -2.22. The van der Waals surface area contributed by atoms with Crippen molar-refractivity contribution in [3.05, 3.63) is 0 Å². The van der Waals surface area contributed by atoms with Crippen LogP contribution in [0.3, 0.4) is 0 Å². The summed E-state index contributed by atoms with van der Waals surface area (Å²) in [6, 6.07) is -0.428. The molecule has 5 heteroatoms. The monoisotopic (exact) mass is 231 g/mol. The molecule has 0 spiro atoms. The van der Waals surface area contributed by atoms with Crippen LogP contribution in [0.4, 0.5) is 0 Å². The number of carbonyl (C=O) groups is 1. The smallest absolute Gasteiger partial charge is 0.320 e. The van der Waals surface area contributed by atoms with E-state index in [-0.39, 0.29) is 12.2 Å². The standard InChI is InChI=1S/C11H21NO4/c1-4-8(11(13)14)12-6-9(15-3)10(7-12)16-5-2/h8-10H,4-7H2,1-3H3,(H,13,14)/t8-,9-,10+/m0/s1. The minimum atomic E-state index is -0.769. The molecule has 0 bridgehead atoms. The molecule has 1 N–H and O–H groups in total. The van der Waals surface area contributed by atoms with E-state index in [4.69, 9.17) is 14.6 Å². The lowest BCUT2D eigenvalue weighted by atomic mass is 10.2. The Morgan fingerprint density at radius 2 is 2.06 bits per heavy atom. The van der Waals surface area contributed by atoms with Gasteiger partial charge >= 0.3 is 5.97 Å². The molecule has 0 amide bonds. The number of carboxylic acid groups (broad SMARTS) is 1. The Morgan fingerprint density at radius 3 is 2.50 bits per heavy atom. The molecule has 0 saturated carbocycles. The molecule has 0 aliphatic carbocycles. The zero-order valence-corrected chi connectivity index (χ0v) is 10.2. The molecule has 16 heavy (non-hydrogen) atoms. The number of likely N-dealkylation sites (tertiary alicyclic amines) is 1. The Labute approximate surface area is 96.3 Å². The average Bonchev–Trinajstić information content (AvgIpc) is 2.62. The van der Waals surface area contributed by atoms with E-state index >= 15 is 0 Å². The number of aliphatic carboxylic acids is 1. The van der Waals surface area contributed by atoms with Gasteiger partial charge in [0.1, 0.15) is 6.04 Å². The minimum Gasteiger partial charge on any atom is -0.480 e. The maximum atomic E-state index is 11.1. The Bertz CT molecular complexity index is 234. The van der Waals surface area contributed by atoms with E-state index in [1.807, 2.05) is 18.7 Å². The predicted octanol–water partition coefficient (Wildman–Crippen LogP) is 0.585. The van der Waals surface area contributed by atoms with Gasteiger partial charge in [0, 0.05) is 26.8 Å². The van der Waals surface area contributed by atoms with Crippen molar-refractivity contribution in [2.75, 3.05) is 26.8 Å². The Morgan fingerprint density at radius 1 is 1.44 bits per heavy atom. The summed E-state index contributed by atoms with van der Waals surface area (Å²) in [5.74, 6) is -0.769. The summed E-state index contributed by atoms with van der Waals surface area (Å²) in [7, 11) is 1.64. The van der Waals surface area contributed by atoms with Gasteiger partial charge in [0.25, 0.3) is 0 Å². The van der Waals surface area contributed by atoms with Gasteiger partial charge in [-0.05, 0) is 13.3 Å². The molecule has 0 aromatic rings. The predicted molar refractivity (Wildman–Crippen MR) is 59.5 cm³/mol. The second kappa shape index (κ2) is 6.18. The van der Waals surface area contributed by atoms with Crippen LogP contribution in [0, 0.1) is 0 Å². The van der Waals surface area contributed by atoms with Crippen molar-refractivity contribution >= 4 is 5.97 Å². The van der Waals surface area contributed by atoms with Crippen LogP contribution in [0.5, 0.6) is 0 Å². The van der Waals surface area contributed by atoms with Crippen LogP contribution in [-0.2, 0) is 14.3 Å². The highest BCUT2D eigenvalue weighted by atomic mass is 16.5. The molecule has 1 fully saturated rings. The normalized spacial score (nSPS) is 28.2. The topological polar surface area (TPSA) is 59.0 Å². The van der Waals surface area contributed by atoms with Crippen LogP contribution in [-0.4, -0.2) is 61.0 Å². The number of rotatable bonds is 6. The Balaban J connectivity index is 2.61. The fourth-order valence-corrected chi connectivity index (χ4v) is 2.22. The maximum absolute atomic E-state index is 11.1. The molecule has 3 atom stereocenters. The Kier molecular flexibility index (Phi) is 5.18. The second-order valence-corrected chi connectivity index (χ2v) is 3.98. The quantitative estimate of drug-likeness (QED) is 0.725. The summed E-state index contributed by atoms with van der Waals surface area (Å²) in [4.78, 5) is 13.0. The van der Waals surface area contributed by atoms with Crippen LogP contribution in [0.1, 0.15) is 20.3 Å². The SMILES string of the molecule is CCO[C@@H]1CN([C@@H](CC)C(=O)O)C[C@@H]1OC. The van der Waals surface area contributed by atoms with Crippen molar-refractivity contribution in [3.63, 3.8) is 0 Å². The van der Waals surface area contributed by atoms with Gasteiger partial charge in [-0.2, -0.15) is 0 Å². The first-order valence-corrected chi connectivity index (χ1v) is 5.75. The highest BCUT2D eigenvalue weighted by Gasteiger charge is 2.38. The fraction of sp³-hybridized carbons (Fsp3) is 0.909. The van der Waals surface area contributed by atoms with Crippen LogP contribution in [0.25, 0.3) is 0 Å². The molecule has 1 heterocycles. The molecule has 94 valence electrons. The first-order chi connectivity index (χ1) is 7.63. The van der Waals surface area contributed by atoms with E-state index in [9.17, 15) is 4.79 Å². The molecule has 0 aromatic carbocycles. The van der Waals surface area contributed by atoms with Crippen LogP contribution < -0.4 is 0 Å². The fourth-order valence-electron chi connectivity index (χ4n) is 2.22. The van der Waals surface area contributed by atoms with E-state index < -0.39 is 12.0 Å². The lowest BCUT2D eigenvalue weighted by Crippen LogP contribution is -2.40. The third-order valence-electron chi connectivity index (χ3n) is 3.04. The summed E-state index contributed by atoms with van der Waals surface area (Å²) in [6.07, 6.45) is 0.571. The van der Waals surface area contributed by atoms with Crippen molar-refractivity contribution in [1.29, 1.82) is 0 Å². The van der Waals surface area contributed by atoms with E-state index in [1.54, 1.807) is 7.11 Å². The lowest BCUT2D eigenvalue weighted by molar-refractivity contribution is -0.143. The summed E-state index contributed by atoms with van der Waals surface area (Å²) >= 11 is 0. The maximum Gasteiger partial charge on any atom is 0.320 e. The summed E-state index contributed by atoms with van der Waals surface area (Å²) in [6.45, 7) is 5.71. The van der Waals surface area contributed by atoms with Gasteiger partial charge < -0.3 is 14.6 Å². The summed E-state index contributed by atoms with van der Waals surface area (Å²) < 4.78 is 10.9. The van der Waals surface area contributed by atoms with Crippen LogP contribution >= 0.6 is 0 Å². The third-order valence-corrected chi connectivity index (χ3v) is 3.04. The third kappa shape index (κ3) is 2.93. The molecular weight excluding hydrogens is 210 g/mol. The van der Waals surface area contributed by atoms with Gasteiger partial charge in [-0.15, -0.1) is 0 Å². The highest BCUT2D eigenvalue weighted by molar-refractivity contribution is 5.73. The number of methoxy groups -OCH3 is 1. The van der Waals surface area contributed by atoms with Gasteiger partial charge in [0.15, 0.2) is 0 Å². The van der Waals surface area contributed by atoms with E-state index in [1.165, 1.54) is 0 Å². The number of nitrogens with zero attached hydrogens (tertiary/aromatic N) is 1. The van der Waals surface area contributed by atoms with Crippen molar-refractivity contribution in [1.82, 2.24) is 4.90 Å². The molecule has 0 unspecified atom stereocenters. The molecule has 1 saturated heterocycles. The Hall–Kier alpha value is -0.650. The molecular formula is C11H21NO4. The van der Waals surface area contributed by atoms with Crippen molar-refractivity contribution in [2.24, 2.45) is 0 Å². The van der Waals surface area contributed by atoms with Crippen LogP contribution in [0.2, 0.25) is 0 Å². The van der Waals surface area contributed by atoms with Gasteiger partial charge in [-0.25, -0.2) is 0 Å². The molecule has 5 nitrogen and oxygen atoms in total. The van der Waals surface area contributed by atoms with E-state index in [0.29, 0.717) is 26.1 Å². The largest absolute Gasteiger partial charge is 0.480 e. The van der Waals surface area contributed by atoms with Gasteiger partial charge in [-0.3, -0.25) is 9.69 Å². The molecule has 1 rings (SSSR count). The number of hydrogen-bond acceptors (Lipinski definition) is 4. The zero-order valence-electron chi connectivity index (χ0n) is 10.2. The second-order valence-electron chi connectivity index (χ2n) is 3.98. The van der Waals surface area contributed by atoms with E-state index in [2.05, 4.69) is 0 Å². The molecule has 0 aromatic heterocycles. The number of hydrogen-bond donors (Lipinski definition) is 1. The van der Waals surface area contributed by atoms with Gasteiger partial charge in [0.05, 0.1) is 12.2 Å². The highest BCUT2D eigenvalue weighted by Crippen LogP contribution is 2.20. The van der Waals surface area contributed by atoms with Gasteiger partial charge in [0.2, 0.25) is 0 Å². The average molecular weight is 231 g/mol. The van der Waals surface area contributed by atoms with Crippen LogP contribution in [0.15, 0.2) is 0 Å². The van der Waals surface area contributed by atoms with Gasteiger partial charge in [-0.1, -0.05) is 6.92 Å². The molecule has 1 aliphatic heterocycles. The van der Waals surface area contributed by atoms with Crippen molar-refractivity contribution in [3.8, 4) is 0 Å². The number of carboxylic acids is 1. The summed E-state index contributed by atoms with van der Waals surface area (Å²) in [5.41, 5.74) is 0. The first-order valence-electron chi connectivity index (χ1n) is 5.75. The molecule has 1 aliphatic rings. The van der Waals surface area contributed by atoms with E-state index in [0.717, 1.165) is 0 Å². The minimum absolute atomic E-state index is 0.0107. The molecule has 0 radical (unpaired) electrons. The summed E-state index contributed by atoms with van der Waals surface area (Å²) in [5, 5.41) is 9.09. The zero-order chi connectivity index (χ0) is 12.1. The first kappa shape index (κ1) is 13.4. The number of ether oxygens (including phenoxy) is 2. The van der Waals surface area contributed by atoms with Crippen molar-refractivity contribution in [2.45, 2.75) is 38.5 Å².